The van der Waals surface area contributed by atoms with Gasteiger partial charge in [-0.15, -0.1) is 0 Å². The molecular formula is C24H26N2O2. The fourth-order valence-corrected chi connectivity index (χ4v) is 5.16. The maximum Gasteiger partial charge on any atom is 0.335 e. The molecule has 5 rings (SSSR count). The summed E-state index contributed by atoms with van der Waals surface area (Å²) in [7, 11) is 0. The van der Waals surface area contributed by atoms with Gasteiger partial charge in [-0.3, -0.25) is 0 Å². The second kappa shape index (κ2) is 7.10. The zero-order valence-corrected chi connectivity index (χ0v) is 16.1. The van der Waals surface area contributed by atoms with E-state index < -0.39 is 5.97 Å². The van der Waals surface area contributed by atoms with E-state index in [4.69, 9.17) is 0 Å². The Bertz CT molecular complexity index is 1040. The van der Waals surface area contributed by atoms with Crippen molar-refractivity contribution >= 4 is 16.9 Å². The molecule has 1 aromatic heterocycles. The number of carbonyl (C=O) groups is 1. The molecule has 2 heterocycles. The van der Waals surface area contributed by atoms with Gasteiger partial charge in [0.1, 0.15) is 0 Å². The van der Waals surface area contributed by atoms with Gasteiger partial charge < -0.3 is 15.0 Å². The van der Waals surface area contributed by atoms with Crippen LogP contribution in [0.2, 0.25) is 0 Å². The molecule has 4 nitrogen and oxygen atoms in total. The summed E-state index contributed by atoms with van der Waals surface area (Å²) in [5, 5.41) is 14.3. The van der Waals surface area contributed by atoms with Crippen LogP contribution in [0.25, 0.3) is 22.2 Å². The van der Waals surface area contributed by atoms with Crippen molar-refractivity contribution in [2.75, 3.05) is 6.54 Å². The topological polar surface area (TPSA) is 54.3 Å². The van der Waals surface area contributed by atoms with E-state index in [1.807, 2.05) is 6.07 Å². The number of hydrogen-bond donors (Lipinski definition) is 2. The third-order valence-electron chi connectivity index (χ3n) is 6.46. The molecule has 2 N–H and O–H groups in total. The van der Waals surface area contributed by atoms with Gasteiger partial charge in [-0.25, -0.2) is 4.79 Å². The quantitative estimate of drug-likeness (QED) is 0.652. The van der Waals surface area contributed by atoms with Gasteiger partial charge in [0.05, 0.1) is 11.3 Å². The number of aromatic carboxylic acids is 1. The first-order chi connectivity index (χ1) is 13.7. The van der Waals surface area contributed by atoms with Gasteiger partial charge in [0.2, 0.25) is 0 Å². The molecule has 4 heteroatoms. The summed E-state index contributed by atoms with van der Waals surface area (Å²) in [6.45, 7) is 2.62. The number of nitrogens with one attached hydrogen (secondary N) is 1. The van der Waals surface area contributed by atoms with E-state index in [0.29, 0.717) is 11.5 Å². The highest BCUT2D eigenvalue weighted by Crippen LogP contribution is 2.45. The molecule has 2 aromatic carbocycles. The number of aromatic nitrogens is 1. The van der Waals surface area contributed by atoms with Crippen molar-refractivity contribution in [3.63, 3.8) is 0 Å². The lowest BCUT2D eigenvalue weighted by atomic mass is 9.81. The molecule has 1 fully saturated rings. The van der Waals surface area contributed by atoms with Crippen LogP contribution in [0, 0.1) is 0 Å². The molecule has 0 spiro atoms. The van der Waals surface area contributed by atoms with E-state index in [0.717, 1.165) is 25.2 Å². The van der Waals surface area contributed by atoms with Gasteiger partial charge in [0.25, 0.3) is 0 Å². The Morgan fingerprint density at radius 3 is 2.71 bits per heavy atom. The molecule has 3 aromatic rings. The maximum atomic E-state index is 11.6. The molecule has 144 valence electrons. The lowest BCUT2D eigenvalue weighted by Gasteiger charge is -2.25. The van der Waals surface area contributed by atoms with Gasteiger partial charge in [-0.1, -0.05) is 49.6 Å². The molecule has 1 aliphatic heterocycles. The van der Waals surface area contributed by atoms with Crippen molar-refractivity contribution in [2.24, 2.45) is 0 Å². The SMILES string of the molecule is O=C(O)c1ccc2c(C3CCCCC3)c3n(c2c1)CCNCc1ccccc1-3. The predicted molar refractivity (Wildman–Crippen MR) is 112 cm³/mol. The molecule has 0 atom stereocenters. The Labute approximate surface area is 165 Å². The van der Waals surface area contributed by atoms with Gasteiger partial charge >= 0.3 is 5.97 Å². The lowest BCUT2D eigenvalue weighted by Crippen LogP contribution is -2.23. The van der Waals surface area contributed by atoms with Gasteiger partial charge in [0.15, 0.2) is 0 Å². The minimum Gasteiger partial charge on any atom is -0.478 e. The Hall–Kier alpha value is -2.59. The van der Waals surface area contributed by atoms with Crippen molar-refractivity contribution in [3.8, 4) is 11.3 Å². The van der Waals surface area contributed by atoms with E-state index in [2.05, 4.69) is 40.2 Å². The average Bonchev–Trinajstić information content (AvgIpc) is 3.03. The Balaban J connectivity index is 1.84. The summed E-state index contributed by atoms with van der Waals surface area (Å²) in [5.74, 6) is -0.301. The van der Waals surface area contributed by atoms with E-state index in [9.17, 15) is 9.90 Å². The van der Waals surface area contributed by atoms with Crippen LogP contribution < -0.4 is 5.32 Å². The van der Waals surface area contributed by atoms with E-state index in [-0.39, 0.29) is 0 Å². The average molecular weight is 374 g/mol. The number of hydrogen-bond acceptors (Lipinski definition) is 2. The first-order valence-electron chi connectivity index (χ1n) is 10.4. The van der Waals surface area contributed by atoms with Gasteiger partial charge in [-0.2, -0.15) is 0 Å². The first kappa shape index (κ1) is 17.5. The minimum atomic E-state index is -0.860. The number of carboxylic acid groups (broad SMARTS) is 1. The second-order valence-electron chi connectivity index (χ2n) is 8.12. The van der Waals surface area contributed by atoms with E-state index >= 15 is 0 Å². The lowest BCUT2D eigenvalue weighted by molar-refractivity contribution is 0.0697. The van der Waals surface area contributed by atoms with Crippen LogP contribution in [0.4, 0.5) is 0 Å². The molecule has 0 saturated heterocycles. The molecular weight excluding hydrogens is 348 g/mol. The molecule has 0 radical (unpaired) electrons. The molecule has 0 bridgehead atoms. The Morgan fingerprint density at radius 2 is 1.89 bits per heavy atom. The summed E-state index contributed by atoms with van der Waals surface area (Å²) < 4.78 is 2.37. The number of carboxylic acids is 1. The van der Waals surface area contributed by atoms with Crippen molar-refractivity contribution in [2.45, 2.75) is 51.1 Å². The Morgan fingerprint density at radius 1 is 1.07 bits per heavy atom. The highest BCUT2D eigenvalue weighted by Gasteiger charge is 2.28. The number of rotatable bonds is 2. The first-order valence-corrected chi connectivity index (χ1v) is 10.4. The monoisotopic (exact) mass is 374 g/mol. The molecule has 28 heavy (non-hydrogen) atoms. The molecule has 2 aliphatic rings. The van der Waals surface area contributed by atoms with E-state index in [1.54, 1.807) is 6.07 Å². The zero-order valence-electron chi connectivity index (χ0n) is 16.1. The largest absolute Gasteiger partial charge is 0.478 e. The summed E-state index contributed by atoms with van der Waals surface area (Å²) in [6, 6.07) is 14.4. The van der Waals surface area contributed by atoms with Gasteiger partial charge in [-0.05, 0) is 42.0 Å². The number of fused-ring (bicyclic) bond motifs is 5. The maximum absolute atomic E-state index is 11.6. The van der Waals surface area contributed by atoms with Crippen LogP contribution in [0.5, 0.6) is 0 Å². The minimum absolute atomic E-state index is 0.367. The number of nitrogens with zero attached hydrogens (tertiary/aromatic N) is 1. The van der Waals surface area contributed by atoms with Crippen LogP contribution in [-0.4, -0.2) is 22.2 Å². The van der Waals surface area contributed by atoms with Crippen LogP contribution in [0.3, 0.4) is 0 Å². The molecule has 1 aliphatic carbocycles. The van der Waals surface area contributed by atoms with Crippen molar-refractivity contribution in [1.82, 2.24) is 9.88 Å². The zero-order chi connectivity index (χ0) is 19.1. The normalized spacial score (nSPS) is 17.6. The molecule has 1 saturated carbocycles. The summed E-state index contributed by atoms with van der Waals surface area (Å²) in [6.07, 6.45) is 6.36. The summed E-state index contributed by atoms with van der Waals surface area (Å²) in [4.78, 5) is 11.6. The van der Waals surface area contributed by atoms with E-state index in [1.165, 1.54) is 59.9 Å². The van der Waals surface area contributed by atoms with Gasteiger partial charge in [0, 0.05) is 36.1 Å². The third kappa shape index (κ3) is 2.83. The fourth-order valence-electron chi connectivity index (χ4n) is 5.16. The molecule has 0 amide bonds. The highest BCUT2D eigenvalue weighted by atomic mass is 16.4. The third-order valence-corrected chi connectivity index (χ3v) is 6.46. The van der Waals surface area contributed by atoms with Crippen LogP contribution in [0.15, 0.2) is 42.5 Å². The Kier molecular flexibility index (Phi) is 4.44. The smallest absolute Gasteiger partial charge is 0.335 e. The standard InChI is InChI=1S/C24H26N2O2/c27-24(28)17-10-11-20-21(14-17)26-13-12-25-15-18-8-4-5-9-19(18)23(26)22(20)16-6-2-1-3-7-16/h4-5,8-11,14,16,25H,1-3,6-7,12-13,15H2,(H,27,28). The van der Waals surface area contributed by atoms with Crippen molar-refractivity contribution < 1.29 is 9.90 Å². The van der Waals surface area contributed by atoms with Crippen molar-refractivity contribution in [3.05, 3.63) is 59.2 Å². The summed E-state index contributed by atoms with van der Waals surface area (Å²) in [5.41, 5.74) is 6.81. The fraction of sp³-hybridized carbons (Fsp3) is 0.375. The predicted octanol–water partition coefficient (Wildman–Crippen LogP) is 5.16. The van der Waals surface area contributed by atoms with Crippen molar-refractivity contribution in [1.29, 1.82) is 0 Å². The highest BCUT2D eigenvalue weighted by molar-refractivity contribution is 5.98. The molecule has 0 unspecified atom stereocenters. The van der Waals surface area contributed by atoms with Crippen LogP contribution >= 0.6 is 0 Å². The van der Waals surface area contributed by atoms with Crippen LogP contribution in [0.1, 0.15) is 59.5 Å². The van der Waals surface area contributed by atoms with Crippen LogP contribution in [-0.2, 0) is 13.1 Å². The summed E-state index contributed by atoms with van der Waals surface area (Å²) >= 11 is 0. The number of benzene rings is 2. The second-order valence-corrected chi connectivity index (χ2v) is 8.12.